The average Bonchev–Trinajstić information content (AvgIpc) is 3.04. The van der Waals surface area contributed by atoms with Crippen molar-refractivity contribution in [3.05, 3.63) is 28.6 Å². The molecule has 1 saturated heterocycles. The number of rotatable bonds is 6. The van der Waals surface area contributed by atoms with E-state index in [0.29, 0.717) is 10.7 Å². The molecule has 0 spiro atoms. The summed E-state index contributed by atoms with van der Waals surface area (Å²) in [7, 11) is 1.33. The summed E-state index contributed by atoms with van der Waals surface area (Å²) in [5.41, 5.74) is 1.93. The summed E-state index contributed by atoms with van der Waals surface area (Å²) in [6.07, 6.45) is 2.08. The molecular formula is C21H27N3O4S2. The summed E-state index contributed by atoms with van der Waals surface area (Å²) in [5, 5.41) is 0. The number of fused-ring (bicyclic) bond motifs is 1. The van der Waals surface area contributed by atoms with Crippen molar-refractivity contribution in [2.75, 3.05) is 31.7 Å². The molecule has 7 nitrogen and oxygen atoms in total. The van der Waals surface area contributed by atoms with Gasteiger partial charge in [0.1, 0.15) is 6.54 Å². The van der Waals surface area contributed by atoms with Gasteiger partial charge in [-0.15, -0.1) is 11.8 Å². The lowest BCUT2D eigenvalue weighted by atomic mass is 9.99. The molecule has 0 N–H and O–H groups in total. The van der Waals surface area contributed by atoms with Crippen molar-refractivity contribution in [3.8, 4) is 0 Å². The number of carbonyl (C=O) groups is 3. The van der Waals surface area contributed by atoms with Gasteiger partial charge >= 0.3 is 5.97 Å². The number of hydrogen-bond acceptors (Lipinski definition) is 6. The summed E-state index contributed by atoms with van der Waals surface area (Å²) in [6.45, 7) is 5.78. The highest BCUT2D eigenvalue weighted by Crippen LogP contribution is 2.19. The largest absolute Gasteiger partial charge is 0.468 e. The minimum absolute atomic E-state index is 0.00924. The third-order valence-corrected chi connectivity index (χ3v) is 7.10. The smallest absolute Gasteiger partial charge is 0.325 e. The minimum Gasteiger partial charge on any atom is -0.468 e. The Balaban J connectivity index is 1.67. The van der Waals surface area contributed by atoms with E-state index in [1.54, 1.807) is 4.57 Å². The molecule has 0 aliphatic carbocycles. The lowest BCUT2D eigenvalue weighted by molar-refractivity contribution is -0.141. The van der Waals surface area contributed by atoms with Crippen LogP contribution in [-0.4, -0.2) is 59.0 Å². The molecule has 0 saturated carbocycles. The third kappa shape index (κ3) is 5.72. The van der Waals surface area contributed by atoms with Crippen LogP contribution in [0.15, 0.2) is 23.2 Å². The van der Waals surface area contributed by atoms with Crippen LogP contribution in [0.25, 0.3) is 10.2 Å². The molecule has 1 aliphatic heterocycles. The lowest BCUT2D eigenvalue weighted by Gasteiger charge is -2.30. The summed E-state index contributed by atoms with van der Waals surface area (Å²) >= 11 is 2.65. The number of esters is 1. The fourth-order valence-corrected chi connectivity index (χ4v) is 5.17. The number of nitrogens with zero attached hydrogens (tertiary/aromatic N) is 3. The predicted octanol–water partition coefficient (Wildman–Crippen LogP) is 2.60. The van der Waals surface area contributed by atoms with Crippen LogP contribution in [0.1, 0.15) is 25.3 Å². The Morgan fingerprint density at radius 3 is 2.67 bits per heavy atom. The van der Waals surface area contributed by atoms with Gasteiger partial charge in [-0.25, -0.2) is 0 Å². The van der Waals surface area contributed by atoms with Crippen LogP contribution in [-0.2, 0) is 25.7 Å². The lowest BCUT2D eigenvalue weighted by Crippen LogP contribution is -2.39. The predicted molar refractivity (Wildman–Crippen MR) is 119 cm³/mol. The molecule has 0 radical (unpaired) electrons. The van der Waals surface area contributed by atoms with Gasteiger partial charge in [0.2, 0.25) is 5.91 Å². The van der Waals surface area contributed by atoms with Gasteiger partial charge in [0.05, 0.1) is 28.8 Å². The number of hydrogen-bond donors (Lipinski definition) is 0. The van der Waals surface area contributed by atoms with Gasteiger partial charge in [-0.1, -0.05) is 24.3 Å². The van der Waals surface area contributed by atoms with Crippen LogP contribution in [0, 0.1) is 12.8 Å². The van der Waals surface area contributed by atoms with Gasteiger partial charge in [-0.3, -0.25) is 14.4 Å². The number of methoxy groups -OCH3 is 1. The van der Waals surface area contributed by atoms with E-state index in [4.69, 9.17) is 4.74 Å². The number of thioether (sulfide) groups is 1. The Kier molecular flexibility index (Phi) is 7.71. The molecule has 0 atom stereocenters. The maximum absolute atomic E-state index is 12.4. The Labute approximate surface area is 184 Å². The standard InChI is InChI=1S/C21H27N3O4S2/c1-14-6-8-23(9-7-14)19(26)13-29-12-18(25)22-21-24(11-20(27)28-3)16-5-4-15(2)10-17(16)30-21/h4-5,10,14H,6-9,11-13H2,1-3H3. The second-order valence-electron chi connectivity index (χ2n) is 7.58. The summed E-state index contributed by atoms with van der Waals surface area (Å²) < 4.78 is 7.44. The van der Waals surface area contributed by atoms with Crippen LogP contribution in [0.4, 0.5) is 0 Å². The Hall–Kier alpha value is -2.13. The summed E-state index contributed by atoms with van der Waals surface area (Å²) in [5.74, 6) is 0.439. The molecule has 1 aromatic carbocycles. The Morgan fingerprint density at radius 1 is 1.23 bits per heavy atom. The van der Waals surface area contributed by atoms with Crippen molar-refractivity contribution in [3.63, 3.8) is 0 Å². The number of thiazole rings is 1. The quantitative estimate of drug-likeness (QED) is 0.633. The molecule has 0 bridgehead atoms. The van der Waals surface area contributed by atoms with Crippen molar-refractivity contribution in [1.29, 1.82) is 0 Å². The number of ether oxygens (including phenoxy) is 1. The van der Waals surface area contributed by atoms with Gasteiger partial charge in [0.15, 0.2) is 4.80 Å². The topological polar surface area (TPSA) is 81.0 Å². The molecule has 1 aromatic heterocycles. The maximum atomic E-state index is 12.4. The highest BCUT2D eigenvalue weighted by atomic mass is 32.2. The van der Waals surface area contributed by atoms with Crippen molar-refractivity contribution in [1.82, 2.24) is 9.47 Å². The molecular weight excluding hydrogens is 422 g/mol. The van der Waals surface area contributed by atoms with Crippen LogP contribution in [0.3, 0.4) is 0 Å². The molecule has 1 aliphatic rings. The molecule has 162 valence electrons. The number of amides is 2. The zero-order valence-electron chi connectivity index (χ0n) is 17.6. The average molecular weight is 450 g/mol. The Bertz CT molecular complexity index is 1000. The Morgan fingerprint density at radius 2 is 1.97 bits per heavy atom. The van der Waals surface area contributed by atoms with Crippen molar-refractivity contribution >= 4 is 51.1 Å². The van der Waals surface area contributed by atoms with E-state index in [1.807, 2.05) is 30.0 Å². The first-order valence-corrected chi connectivity index (χ1v) is 11.9. The molecule has 2 aromatic rings. The molecule has 1 fully saturated rings. The highest BCUT2D eigenvalue weighted by Gasteiger charge is 2.20. The fraction of sp³-hybridized carbons (Fsp3) is 0.524. The normalized spacial score (nSPS) is 15.6. The SMILES string of the molecule is COC(=O)Cn1c(=NC(=O)CSCC(=O)N2CCC(C)CC2)sc2cc(C)ccc21. The van der Waals surface area contributed by atoms with E-state index >= 15 is 0 Å². The van der Waals surface area contributed by atoms with Crippen LogP contribution >= 0.6 is 23.1 Å². The molecule has 2 amide bonds. The molecule has 3 rings (SSSR count). The highest BCUT2D eigenvalue weighted by molar-refractivity contribution is 8.00. The summed E-state index contributed by atoms with van der Waals surface area (Å²) in [6, 6.07) is 5.88. The van der Waals surface area contributed by atoms with Crippen molar-refractivity contribution < 1.29 is 19.1 Å². The van der Waals surface area contributed by atoms with Gasteiger partial charge in [-0.05, 0) is 43.4 Å². The van der Waals surface area contributed by atoms with E-state index in [9.17, 15) is 14.4 Å². The van der Waals surface area contributed by atoms with E-state index in [0.717, 1.165) is 41.7 Å². The maximum Gasteiger partial charge on any atom is 0.325 e. The fourth-order valence-electron chi connectivity index (χ4n) is 3.33. The number of aromatic nitrogens is 1. The first-order valence-electron chi connectivity index (χ1n) is 9.97. The molecule has 9 heteroatoms. The number of likely N-dealkylation sites (tertiary alicyclic amines) is 1. The van der Waals surface area contributed by atoms with Gasteiger partial charge < -0.3 is 14.2 Å². The second kappa shape index (κ2) is 10.3. The number of piperidine rings is 1. The van der Waals surface area contributed by atoms with Gasteiger partial charge in [0, 0.05) is 13.1 Å². The van der Waals surface area contributed by atoms with Crippen molar-refractivity contribution in [2.45, 2.75) is 33.2 Å². The zero-order valence-corrected chi connectivity index (χ0v) is 19.2. The third-order valence-electron chi connectivity index (χ3n) is 5.16. The van der Waals surface area contributed by atoms with Gasteiger partial charge in [0.25, 0.3) is 5.91 Å². The van der Waals surface area contributed by atoms with Crippen LogP contribution in [0.2, 0.25) is 0 Å². The molecule has 0 unspecified atom stereocenters. The number of aryl methyl sites for hydroxylation is 1. The zero-order chi connectivity index (χ0) is 21.7. The summed E-state index contributed by atoms with van der Waals surface area (Å²) in [4.78, 5) is 43.1. The van der Waals surface area contributed by atoms with Gasteiger partial charge in [-0.2, -0.15) is 4.99 Å². The molecule has 2 heterocycles. The monoisotopic (exact) mass is 449 g/mol. The van der Waals surface area contributed by atoms with Crippen LogP contribution in [0.5, 0.6) is 0 Å². The number of carbonyl (C=O) groups excluding carboxylic acids is 3. The minimum atomic E-state index is -0.403. The first kappa shape index (κ1) is 22.6. The number of benzene rings is 1. The van der Waals surface area contributed by atoms with E-state index < -0.39 is 5.97 Å². The van der Waals surface area contributed by atoms with Crippen LogP contribution < -0.4 is 4.80 Å². The first-order chi connectivity index (χ1) is 14.4. The van der Waals surface area contributed by atoms with E-state index in [-0.39, 0.29) is 29.9 Å². The second-order valence-corrected chi connectivity index (χ2v) is 9.57. The van der Waals surface area contributed by atoms with E-state index in [1.165, 1.54) is 30.2 Å². The van der Waals surface area contributed by atoms with E-state index in [2.05, 4.69) is 11.9 Å². The molecule has 30 heavy (non-hydrogen) atoms. The van der Waals surface area contributed by atoms with Crippen molar-refractivity contribution in [2.24, 2.45) is 10.9 Å².